The van der Waals surface area contributed by atoms with Crippen LogP contribution in [0.4, 0.5) is 0 Å². The average molecular weight is 240 g/mol. The molecule has 17 heavy (non-hydrogen) atoms. The van der Waals surface area contributed by atoms with Crippen LogP contribution < -0.4 is 0 Å². The quantitative estimate of drug-likeness (QED) is 0.671. The first-order valence-corrected chi connectivity index (χ1v) is 6.53. The van der Waals surface area contributed by atoms with Gasteiger partial charge in [0.1, 0.15) is 0 Å². The van der Waals surface area contributed by atoms with E-state index < -0.39 is 12.2 Å². The van der Waals surface area contributed by atoms with E-state index in [0.717, 1.165) is 25.7 Å². The molecule has 1 saturated heterocycles. The van der Waals surface area contributed by atoms with Crippen molar-refractivity contribution in [3.63, 3.8) is 0 Å². The van der Waals surface area contributed by atoms with E-state index in [1.165, 1.54) is 5.57 Å². The average Bonchev–Trinajstić information content (AvgIpc) is 2.84. The molecule has 0 aromatic carbocycles. The first-order valence-electron chi connectivity index (χ1n) is 6.53. The zero-order chi connectivity index (χ0) is 11.9. The molecule has 0 aromatic rings. The maximum atomic E-state index is 9.94. The van der Waals surface area contributed by atoms with Crippen molar-refractivity contribution in [2.24, 2.45) is 5.41 Å². The Kier molecular flexibility index (Phi) is 2.99. The van der Waals surface area contributed by atoms with E-state index in [9.17, 15) is 10.2 Å². The molecule has 96 valence electrons. The highest BCUT2D eigenvalue weighted by Gasteiger charge is 2.50. The largest absolute Gasteiger partial charge is 0.390 e. The molecular formula is C13H20O4. The van der Waals surface area contributed by atoms with Crippen molar-refractivity contribution in [3.8, 4) is 0 Å². The highest BCUT2D eigenvalue weighted by atomic mass is 16.7. The first-order chi connectivity index (χ1) is 8.22. The minimum atomic E-state index is -0.724. The van der Waals surface area contributed by atoms with Gasteiger partial charge < -0.3 is 19.7 Å². The number of aliphatic hydroxyl groups excluding tert-OH is 2. The van der Waals surface area contributed by atoms with Crippen LogP contribution in [0.3, 0.4) is 0 Å². The second-order valence-electron chi connectivity index (χ2n) is 5.39. The van der Waals surface area contributed by atoms with Gasteiger partial charge in [0.15, 0.2) is 6.29 Å². The molecule has 0 spiro atoms. The lowest BCUT2D eigenvalue weighted by atomic mass is 9.63. The fraction of sp³-hybridized carbons (Fsp3) is 0.846. The molecular weight excluding hydrogens is 220 g/mol. The van der Waals surface area contributed by atoms with Crippen molar-refractivity contribution >= 4 is 0 Å². The van der Waals surface area contributed by atoms with Gasteiger partial charge in [0.25, 0.3) is 0 Å². The molecule has 2 aliphatic carbocycles. The molecule has 4 heteroatoms. The summed E-state index contributed by atoms with van der Waals surface area (Å²) in [4.78, 5) is 0. The molecule has 0 radical (unpaired) electrons. The van der Waals surface area contributed by atoms with Crippen LogP contribution in [-0.4, -0.2) is 41.9 Å². The fourth-order valence-electron chi connectivity index (χ4n) is 3.50. The summed E-state index contributed by atoms with van der Waals surface area (Å²) in [7, 11) is 0. The molecule has 0 bridgehead atoms. The van der Waals surface area contributed by atoms with Crippen LogP contribution in [-0.2, 0) is 9.47 Å². The molecule has 3 rings (SSSR count). The molecule has 1 heterocycles. The van der Waals surface area contributed by atoms with Crippen molar-refractivity contribution in [2.75, 3.05) is 13.2 Å². The Morgan fingerprint density at radius 3 is 2.71 bits per heavy atom. The molecule has 1 aliphatic heterocycles. The van der Waals surface area contributed by atoms with Crippen LogP contribution in [0, 0.1) is 5.41 Å². The standard InChI is InChI=1S/C13H20O4/c14-10-7-9-3-1-2-4-13(9,8-11(10)15)12-16-5-6-17-12/h7,10-12,14-15H,1-6,8H2/t10?,11?,13-/m1/s1. The van der Waals surface area contributed by atoms with Crippen LogP contribution in [0.25, 0.3) is 0 Å². The predicted molar refractivity (Wildman–Crippen MR) is 61.3 cm³/mol. The van der Waals surface area contributed by atoms with Gasteiger partial charge in [0, 0.05) is 5.41 Å². The summed E-state index contributed by atoms with van der Waals surface area (Å²) in [5.41, 5.74) is 1.04. The van der Waals surface area contributed by atoms with Crippen molar-refractivity contribution in [1.82, 2.24) is 0 Å². The number of ether oxygens (including phenoxy) is 2. The lowest BCUT2D eigenvalue weighted by molar-refractivity contribution is -0.149. The minimum Gasteiger partial charge on any atom is -0.390 e. The Bertz CT molecular complexity index is 321. The summed E-state index contributed by atoms with van der Waals surface area (Å²) in [6.45, 7) is 1.27. The summed E-state index contributed by atoms with van der Waals surface area (Å²) in [6.07, 6.45) is 5.04. The zero-order valence-electron chi connectivity index (χ0n) is 9.97. The number of fused-ring (bicyclic) bond motifs is 1. The Labute approximate surface area is 101 Å². The summed E-state index contributed by atoms with van der Waals surface area (Å²) < 4.78 is 11.4. The van der Waals surface area contributed by atoms with Crippen molar-refractivity contribution in [2.45, 2.75) is 50.6 Å². The topological polar surface area (TPSA) is 58.9 Å². The predicted octanol–water partition coefficient (Wildman–Crippen LogP) is 0.972. The van der Waals surface area contributed by atoms with Gasteiger partial charge in [-0.15, -0.1) is 0 Å². The highest BCUT2D eigenvalue weighted by molar-refractivity contribution is 5.25. The number of aliphatic hydroxyl groups is 2. The molecule has 0 aromatic heterocycles. The van der Waals surface area contributed by atoms with Gasteiger partial charge in [-0.3, -0.25) is 0 Å². The molecule has 4 nitrogen and oxygen atoms in total. The van der Waals surface area contributed by atoms with Crippen molar-refractivity contribution in [1.29, 1.82) is 0 Å². The highest BCUT2D eigenvalue weighted by Crippen LogP contribution is 2.51. The van der Waals surface area contributed by atoms with Gasteiger partial charge in [0.05, 0.1) is 25.4 Å². The van der Waals surface area contributed by atoms with Gasteiger partial charge in [-0.25, -0.2) is 0 Å². The molecule has 2 unspecified atom stereocenters. The van der Waals surface area contributed by atoms with E-state index in [4.69, 9.17) is 9.47 Å². The van der Waals surface area contributed by atoms with Crippen molar-refractivity contribution < 1.29 is 19.7 Å². The van der Waals surface area contributed by atoms with E-state index in [2.05, 4.69) is 0 Å². The Morgan fingerprint density at radius 2 is 1.94 bits per heavy atom. The lowest BCUT2D eigenvalue weighted by Crippen LogP contribution is -2.48. The molecule has 0 amide bonds. The second kappa shape index (κ2) is 4.35. The third-order valence-corrected chi connectivity index (χ3v) is 4.37. The number of hydrogen-bond acceptors (Lipinski definition) is 4. The SMILES string of the molecule is OC1C=C2CCCC[C@@]2(C2OCCO2)CC1O. The molecule has 1 saturated carbocycles. The normalized spacial score (nSPS) is 43.3. The second-order valence-corrected chi connectivity index (χ2v) is 5.39. The summed E-state index contributed by atoms with van der Waals surface area (Å²) in [6, 6.07) is 0. The van der Waals surface area contributed by atoms with E-state index in [-0.39, 0.29) is 11.7 Å². The lowest BCUT2D eigenvalue weighted by Gasteiger charge is -2.47. The van der Waals surface area contributed by atoms with Crippen LogP contribution in [0.15, 0.2) is 11.6 Å². The summed E-state index contributed by atoms with van der Waals surface area (Å²) >= 11 is 0. The number of hydrogen-bond donors (Lipinski definition) is 2. The van der Waals surface area contributed by atoms with Crippen LogP contribution in [0.2, 0.25) is 0 Å². The summed E-state index contributed by atoms with van der Waals surface area (Å²) in [5, 5.41) is 19.7. The third kappa shape index (κ3) is 1.83. The van der Waals surface area contributed by atoms with Gasteiger partial charge in [-0.1, -0.05) is 18.1 Å². The fourth-order valence-corrected chi connectivity index (χ4v) is 3.50. The van der Waals surface area contributed by atoms with Gasteiger partial charge in [0.2, 0.25) is 0 Å². The van der Waals surface area contributed by atoms with Crippen LogP contribution in [0.5, 0.6) is 0 Å². The minimum absolute atomic E-state index is 0.187. The molecule has 2 fully saturated rings. The first kappa shape index (κ1) is 11.7. The summed E-state index contributed by atoms with van der Waals surface area (Å²) in [5.74, 6) is 0. The van der Waals surface area contributed by atoms with Gasteiger partial charge in [-0.2, -0.15) is 0 Å². The molecule has 3 aliphatic rings. The van der Waals surface area contributed by atoms with Crippen LogP contribution >= 0.6 is 0 Å². The van der Waals surface area contributed by atoms with Gasteiger partial charge in [-0.05, 0) is 25.7 Å². The Balaban J connectivity index is 1.94. The molecule has 2 N–H and O–H groups in total. The number of rotatable bonds is 1. The molecule has 3 atom stereocenters. The van der Waals surface area contributed by atoms with Crippen LogP contribution in [0.1, 0.15) is 32.1 Å². The van der Waals surface area contributed by atoms with Gasteiger partial charge >= 0.3 is 0 Å². The van der Waals surface area contributed by atoms with E-state index in [1.54, 1.807) is 0 Å². The zero-order valence-corrected chi connectivity index (χ0v) is 9.97. The van der Waals surface area contributed by atoms with E-state index in [0.29, 0.717) is 19.6 Å². The monoisotopic (exact) mass is 240 g/mol. The van der Waals surface area contributed by atoms with Crippen molar-refractivity contribution in [3.05, 3.63) is 11.6 Å². The van der Waals surface area contributed by atoms with E-state index >= 15 is 0 Å². The Morgan fingerprint density at radius 1 is 1.18 bits per heavy atom. The maximum absolute atomic E-state index is 9.94. The smallest absolute Gasteiger partial charge is 0.167 e. The Hall–Kier alpha value is -0.420. The third-order valence-electron chi connectivity index (χ3n) is 4.37. The van der Waals surface area contributed by atoms with E-state index in [1.807, 2.05) is 6.08 Å². The maximum Gasteiger partial charge on any atom is 0.167 e.